The molecule has 12 heteroatoms. The number of hydrogen-bond acceptors (Lipinski definition) is 12. The van der Waals surface area contributed by atoms with Gasteiger partial charge in [-0.1, -0.05) is 0 Å². The van der Waals surface area contributed by atoms with E-state index < -0.39 is 42.6 Å². The van der Waals surface area contributed by atoms with E-state index in [4.69, 9.17) is 25.2 Å². The third-order valence-electron chi connectivity index (χ3n) is 4.71. The number of ketones is 1. The van der Waals surface area contributed by atoms with Gasteiger partial charge in [-0.25, -0.2) is 9.98 Å². The van der Waals surface area contributed by atoms with Crippen molar-refractivity contribution in [2.45, 2.75) is 43.5 Å². The van der Waals surface area contributed by atoms with Crippen molar-refractivity contribution in [3.63, 3.8) is 0 Å². The standard InChI is InChI=1S/C16H22N6O6/c1-9(24)16(18)13-14(19-6-21-16)22(7-20-13)15-12(11(25)10(5-23)28-15)27-8-26-4-2-3-17/h6,10-12,15,23,25H,2,4-5,7-8,18H2,1H3/t10-,11-,12-,15-,16?/m1/s1. The normalized spacial score (nSPS) is 34.0. The highest BCUT2D eigenvalue weighted by atomic mass is 16.7. The highest BCUT2D eigenvalue weighted by Gasteiger charge is 2.52. The Bertz CT molecular complexity index is 748. The first-order valence-corrected chi connectivity index (χ1v) is 8.68. The van der Waals surface area contributed by atoms with E-state index in [9.17, 15) is 15.0 Å². The second-order valence-electron chi connectivity index (χ2n) is 6.44. The fourth-order valence-electron chi connectivity index (χ4n) is 3.14. The van der Waals surface area contributed by atoms with Crippen LogP contribution in [0.15, 0.2) is 15.0 Å². The molecule has 0 bridgehead atoms. The number of aliphatic hydroxyl groups excluding tert-OH is 2. The maximum atomic E-state index is 12.0. The van der Waals surface area contributed by atoms with Crippen molar-refractivity contribution in [2.75, 3.05) is 26.7 Å². The van der Waals surface area contributed by atoms with Gasteiger partial charge in [0.1, 0.15) is 43.8 Å². The molecule has 0 aromatic rings. The van der Waals surface area contributed by atoms with Crippen LogP contribution in [0, 0.1) is 11.3 Å². The number of nitrogens with two attached hydrogens (primary N) is 1. The molecule has 0 amide bonds. The molecule has 0 radical (unpaired) electrons. The van der Waals surface area contributed by atoms with E-state index >= 15 is 0 Å². The highest BCUT2D eigenvalue weighted by molar-refractivity contribution is 6.51. The smallest absolute Gasteiger partial charge is 0.214 e. The summed E-state index contributed by atoms with van der Waals surface area (Å²) in [6.45, 7) is 0.965. The zero-order valence-electron chi connectivity index (χ0n) is 15.3. The number of carbonyl (C=O) groups is 1. The monoisotopic (exact) mass is 394 g/mol. The Kier molecular flexibility index (Phi) is 6.14. The van der Waals surface area contributed by atoms with Gasteiger partial charge in [-0.2, -0.15) is 5.26 Å². The maximum Gasteiger partial charge on any atom is 0.214 e. The minimum Gasteiger partial charge on any atom is -0.394 e. The molecule has 1 unspecified atom stereocenters. The summed E-state index contributed by atoms with van der Waals surface area (Å²) in [4.78, 5) is 26.0. The van der Waals surface area contributed by atoms with Crippen LogP contribution in [-0.2, 0) is 19.0 Å². The number of aliphatic hydroxyl groups is 2. The Morgan fingerprint density at radius 1 is 1.61 bits per heavy atom. The number of nitrogens with zero attached hydrogens (tertiary/aromatic N) is 5. The van der Waals surface area contributed by atoms with Crippen LogP contribution < -0.4 is 5.73 Å². The lowest BCUT2D eigenvalue weighted by atomic mass is 9.99. The molecule has 0 aliphatic carbocycles. The van der Waals surface area contributed by atoms with Gasteiger partial charge in [-0.3, -0.25) is 15.5 Å². The quantitative estimate of drug-likeness (QED) is 0.303. The Labute approximate surface area is 160 Å². The molecule has 0 aromatic heterocycles. The fraction of sp³-hybridized carbons (Fsp3) is 0.688. The molecule has 4 N–H and O–H groups in total. The van der Waals surface area contributed by atoms with E-state index in [1.165, 1.54) is 13.3 Å². The van der Waals surface area contributed by atoms with Gasteiger partial charge in [0.05, 0.1) is 25.7 Å². The van der Waals surface area contributed by atoms with Crippen molar-refractivity contribution >= 4 is 23.7 Å². The van der Waals surface area contributed by atoms with Gasteiger partial charge >= 0.3 is 0 Å². The molecule has 0 aromatic carbocycles. The number of Topliss-reactive ketones (excluding diaryl/α,β-unsaturated/α-hetero) is 1. The predicted octanol–water partition coefficient (Wildman–Crippen LogP) is -2.26. The van der Waals surface area contributed by atoms with E-state index in [1.807, 2.05) is 6.07 Å². The van der Waals surface area contributed by atoms with E-state index in [-0.39, 0.29) is 32.2 Å². The van der Waals surface area contributed by atoms with Crippen molar-refractivity contribution in [1.82, 2.24) is 4.90 Å². The maximum absolute atomic E-state index is 12.0. The Balaban J connectivity index is 1.76. The molecule has 1 saturated heterocycles. The van der Waals surface area contributed by atoms with Crippen LogP contribution in [0.2, 0.25) is 0 Å². The molecule has 0 spiro atoms. The molecular weight excluding hydrogens is 372 g/mol. The Morgan fingerprint density at radius 2 is 2.39 bits per heavy atom. The third-order valence-corrected chi connectivity index (χ3v) is 4.71. The van der Waals surface area contributed by atoms with Gasteiger partial charge in [0, 0.05) is 0 Å². The summed E-state index contributed by atoms with van der Waals surface area (Å²) in [7, 11) is 0. The lowest BCUT2D eigenvalue weighted by Crippen LogP contribution is -2.59. The predicted molar refractivity (Wildman–Crippen MR) is 95.3 cm³/mol. The van der Waals surface area contributed by atoms with Gasteiger partial charge in [-0.05, 0) is 6.92 Å². The summed E-state index contributed by atoms with van der Waals surface area (Å²) in [6.07, 6.45) is -2.37. The molecule has 152 valence electrons. The lowest BCUT2D eigenvalue weighted by Gasteiger charge is -2.32. The molecule has 3 heterocycles. The molecule has 3 aliphatic rings. The van der Waals surface area contributed by atoms with Crippen molar-refractivity contribution in [3.05, 3.63) is 0 Å². The largest absolute Gasteiger partial charge is 0.394 e. The van der Waals surface area contributed by atoms with Crippen LogP contribution in [0.25, 0.3) is 0 Å². The molecule has 1 fully saturated rings. The number of carbonyl (C=O) groups excluding carboxylic acids is 1. The summed E-state index contributed by atoms with van der Waals surface area (Å²) < 4.78 is 16.5. The first-order chi connectivity index (χ1) is 13.4. The zero-order valence-corrected chi connectivity index (χ0v) is 15.3. The summed E-state index contributed by atoms with van der Waals surface area (Å²) in [6, 6.07) is 1.94. The minimum absolute atomic E-state index is 0.0639. The number of rotatable bonds is 8. The van der Waals surface area contributed by atoms with Crippen molar-refractivity contribution in [1.29, 1.82) is 5.26 Å². The fourth-order valence-corrected chi connectivity index (χ4v) is 3.14. The second-order valence-corrected chi connectivity index (χ2v) is 6.44. The van der Waals surface area contributed by atoms with Gasteiger partial charge < -0.3 is 29.3 Å². The summed E-state index contributed by atoms with van der Waals surface area (Å²) in [5.74, 6) is -0.0986. The number of nitriles is 1. The SMILES string of the molecule is CC(=O)C1(N)N=CN=C2C1=NCN2[C@@H]1O[C@H](CO)[C@@H](O)[C@H]1OCOCCC#N. The first kappa shape index (κ1) is 20.5. The van der Waals surface area contributed by atoms with Crippen LogP contribution in [-0.4, -0.2) is 95.7 Å². The number of aliphatic imine (C=N–C) groups is 3. The van der Waals surface area contributed by atoms with E-state index in [0.717, 1.165) is 0 Å². The molecule has 0 saturated carbocycles. The van der Waals surface area contributed by atoms with E-state index in [0.29, 0.717) is 5.84 Å². The molecular formula is C16H22N6O6. The second kappa shape index (κ2) is 8.39. The lowest BCUT2D eigenvalue weighted by molar-refractivity contribution is -0.143. The van der Waals surface area contributed by atoms with Crippen molar-refractivity contribution in [3.8, 4) is 6.07 Å². The van der Waals surface area contributed by atoms with Gasteiger partial charge in [0.25, 0.3) is 0 Å². The topological polar surface area (TPSA) is 175 Å². The van der Waals surface area contributed by atoms with E-state index in [2.05, 4.69) is 15.0 Å². The molecule has 5 atom stereocenters. The highest BCUT2D eigenvalue weighted by Crippen LogP contribution is 2.30. The molecule has 3 rings (SSSR count). The zero-order chi connectivity index (χ0) is 20.3. The van der Waals surface area contributed by atoms with Crippen LogP contribution >= 0.6 is 0 Å². The average molecular weight is 394 g/mol. The molecule has 3 aliphatic heterocycles. The van der Waals surface area contributed by atoms with Crippen LogP contribution in [0.4, 0.5) is 0 Å². The van der Waals surface area contributed by atoms with Gasteiger partial charge in [-0.15, -0.1) is 0 Å². The minimum atomic E-state index is -1.63. The van der Waals surface area contributed by atoms with Crippen molar-refractivity contribution in [2.24, 2.45) is 20.7 Å². The number of amidine groups is 1. The van der Waals surface area contributed by atoms with Crippen molar-refractivity contribution < 1.29 is 29.2 Å². The van der Waals surface area contributed by atoms with E-state index in [1.54, 1.807) is 4.90 Å². The average Bonchev–Trinajstić information content (AvgIpc) is 3.24. The Hall–Kier alpha value is -2.27. The van der Waals surface area contributed by atoms with Crippen LogP contribution in [0.5, 0.6) is 0 Å². The number of hydrogen-bond donors (Lipinski definition) is 3. The third kappa shape index (κ3) is 3.55. The molecule has 12 nitrogen and oxygen atoms in total. The first-order valence-electron chi connectivity index (χ1n) is 8.68. The number of fused-ring (bicyclic) bond motifs is 1. The number of ether oxygens (including phenoxy) is 3. The molecule has 28 heavy (non-hydrogen) atoms. The summed E-state index contributed by atoms with van der Waals surface area (Å²) >= 11 is 0. The summed E-state index contributed by atoms with van der Waals surface area (Å²) in [5.41, 5.74) is 4.67. The van der Waals surface area contributed by atoms with Crippen LogP contribution in [0.1, 0.15) is 13.3 Å². The van der Waals surface area contributed by atoms with Crippen LogP contribution in [0.3, 0.4) is 0 Å². The Morgan fingerprint density at radius 3 is 3.07 bits per heavy atom. The summed E-state index contributed by atoms with van der Waals surface area (Å²) in [5, 5.41) is 28.4. The van der Waals surface area contributed by atoms with Gasteiger partial charge in [0.2, 0.25) is 5.66 Å². The van der Waals surface area contributed by atoms with Gasteiger partial charge in [0.15, 0.2) is 17.8 Å².